The molecule has 0 aliphatic carbocycles. The fourth-order valence-corrected chi connectivity index (χ4v) is 5.55. The minimum atomic E-state index is -1.55. The summed E-state index contributed by atoms with van der Waals surface area (Å²) in [6, 6.07) is -7.28. The number of aliphatic hydroxyl groups is 1. The van der Waals surface area contributed by atoms with E-state index in [9.17, 15) is 53.4 Å². The van der Waals surface area contributed by atoms with Crippen LogP contribution >= 0.6 is 0 Å². The Morgan fingerprint density at radius 1 is 0.500 bits per heavy atom. The molecule has 0 spiro atoms. The Labute approximate surface area is 341 Å². The van der Waals surface area contributed by atoms with Crippen LogP contribution in [0.1, 0.15) is 95.4 Å². The van der Waals surface area contributed by atoms with Crippen LogP contribution in [0.5, 0.6) is 0 Å². The highest BCUT2D eigenvalue weighted by Crippen LogP contribution is 2.13. The summed E-state index contributed by atoms with van der Waals surface area (Å²) in [5, 5.41) is 39.8. The van der Waals surface area contributed by atoms with Crippen LogP contribution in [0.25, 0.3) is 0 Å². The standard InChI is InChI=1S/C38H69N9O11/c1-12-21(9)30(44-26(50)16-40-34(53)28(19(5)6)43-25(49)15-39)35(54)41-17-27(51)45-31(22(10)13-2)36(55)42-24(14-18(3)4)33(52)47-32(23(11)48)37(56)46-29(20(7)8)38(57)58/h18-24,28-32,48H,12-17,39H2,1-11H3,(H,40,53)(H,41,54)(H,42,55)(H,43,49)(H,44,50)(H,45,51)(H,46,56)(H,47,52)(H,57,58). The first-order chi connectivity index (χ1) is 26.9. The van der Waals surface area contributed by atoms with E-state index in [4.69, 9.17) is 5.73 Å². The fraction of sp³-hybridized carbons (Fsp3) is 0.763. The van der Waals surface area contributed by atoms with Crippen molar-refractivity contribution in [2.24, 2.45) is 35.3 Å². The van der Waals surface area contributed by atoms with E-state index in [0.29, 0.717) is 12.8 Å². The van der Waals surface area contributed by atoms with Crippen LogP contribution in [0.4, 0.5) is 0 Å². The topological polar surface area (TPSA) is 316 Å². The Morgan fingerprint density at radius 3 is 1.28 bits per heavy atom. The summed E-state index contributed by atoms with van der Waals surface area (Å²) in [7, 11) is 0. The smallest absolute Gasteiger partial charge is 0.326 e. The van der Waals surface area contributed by atoms with Gasteiger partial charge in [-0.3, -0.25) is 38.4 Å². The average molecular weight is 828 g/mol. The predicted octanol–water partition coefficient (Wildman–Crippen LogP) is -2.00. The van der Waals surface area contributed by atoms with Crippen molar-refractivity contribution in [3.05, 3.63) is 0 Å². The maximum atomic E-state index is 13.7. The van der Waals surface area contributed by atoms with E-state index in [1.54, 1.807) is 69.2 Å². The van der Waals surface area contributed by atoms with Gasteiger partial charge in [0, 0.05) is 0 Å². The van der Waals surface area contributed by atoms with Gasteiger partial charge in [-0.2, -0.15) is 0 Å². The lowest BCUT2D eigenvalue weighted by atomic mass is 9.96. The highest BCUT2D eigenvalue weighted by Gasteiger charge is 2.35. The molecule has 332 valence electrons. The molecule has 0 saturated carbocycles. The van der Waals surface area contributed by atoms with Crippen LogP contribution in [0.3, 0.4) is 0 Å². The molecular weight excluding hydrogens is 758 g/mol. The number of nitrogens with one attached hydrogen (secondary N) is 8. The normalized spacial score (nSPS) is 15.9. The first-order valence-corrected chi connectivity index (χ1v) is 19.9. The summed E-state index contributed by atoms with van der Waals surface area (Å²) in [6.07, 6.45) is -0.450. The molecule has 0 bridgehead atoms. The molecule has 0 fully saturated rings. The van der Waals surface area contributed by atoms with Gasteiger partial charge >= 0.3 is 5.97 Å². The monoisotopic (exact) mass is 828 g/mol. The van der Waals surface area contributed by atoms with Crippen LogP contribution in [-0.2, 0) is 43.2 Å². The van der Waals surface area contributed by atoms with Crippen molar-refractivity contribution in [2.45, 2.75) is 138 Å². The number of hydrogen-bond donors (Lipinski definition) is 11. The minimum Gasteiger partial charge on any atom is -0.480 e. The van der Waals surface area contributed by atoms with Gasteiger partial charge in [0.25, 0.3) is 0 Å². The highest BCUT2D eigenvalue weighted by molar-refractivity contribution is 5.97. The zero-order chi connectivity index (χ0) is 45.0. The first-order valence-electron chi connectivity index (χ1n) is 19.9. The lowest BCUT2D eigenvalue weighted by Crippen LogP contribution is -2.61. The van der Waals surface area contributed by atoms with Crippen LogP contribution in [-0.4, -0.2) is 125 Å². The highest BCUT2D eigenvalue weighted by atomic mass is 16.4. The average Bonchev–Trinajstić information content (AvgIpc) is 3.15. The second kappa shape index (κ2) is 26.2. The van der Waals surface area contributed by atoms with Crippen LogP contribution in [0.2, 0.25) is 0 Å². The van der Waals surface area contributed by atoms with Gasteiger partial charge in [0.05, 0.1) is 25.7 Å². The molecule has 0 aromatic rings. The van der Waals surface area contributed by atoms with Gasteiger partial charge in [-0.05, 0) is 42.9 Å². The fourth-order valence-electron chi connectivity index (χ4n) is 5.55. The SMILES string of the molecule is CCC(C)C(NC(=O)CNC(=O)C(NC(=O)CN)C(C)C)C(=O)NCC(=O)NC(C(=O)NC(CC(C)C)C(=O)NC(C(=O)NC(C(=O)O)C(C)C)C(C)O)C(C)CC. The molecule has 0 radical (unpaired) electrons. The Hall–Kier alpha value is -4.85. The van der Waals surface area contributed by atoms with Crippen molar-refractivity contribution in [3.63, 3.8) is 0 Å². The quantitative estimate of drug-likeness (QED) is 0.0452. The molecule has 0 saturated heterocycles. The van der Waals surface area contributed by atoms with Crippen molar-refractivity contribution in [1.82, 2.24) is 42.5 Å². The summed E-state index contributed by atoms with van der Waals surface area (Å²) in [5.74, 6) is -8.89. The molecule has 0 aliphatic rings. The minimum absolute atomic E-state index is 0.0995. The van der Waals surface area contributed by atoms with E-state index < -0.39 is 126 Å². The summed E-state index contributed by atoms with van der Waals surface area (Å²) >= 11 is 0. The summed E-state index contributed by atoms with van der Waals surface area (Å²) in [6.45, 7) is 17.0. The van der Waals surface area contributed by atoms with Crippen LogP contribution in [0, 0.1) is 29.6 Å². The second-order valence-electron chi connectivity index (χ2n) is 15.8. The number of amides is 8. The maximum Gasteiger partial charge on any atom is 0.326 e. The second-order valence-corrected chi connectivity index (χ2v) is 15.8. The molecule has 12 N–H and O–H groups in total. The van der Waals surface area contributed by atoms with E-state index in [0.717, 1.165) is 0 Å². The number of carboxylic acids is 1. The lowest BCUT2D eigenvalue weighted by Gasteiger charge is -2.29. The van der Waals surface area contributed by atoms with Crippen molar-refractivity contribution in [2.75, 3.05) is 19.6 Å². The Kier molecular flexibility index (Phi) is 24.0. The zero-order valence-electron chi connectivity index (χ0n) is 35.8. The lowest BCUT2D eigenvalue weighted by molar-refractivity contribution is -0.144. The molecule has 58 heavy (non-hydrogen) atoms. The van der Waals surface area contributed by atoms with Gasteiger partial charge in [-0.1, -0.05) is 82.1 Å². The largest absolute Gasteiger partial charge is 0.480 e. The molecule has 20 nitrogen and oxygen atoms in total. The summed E-state index contributed by atoms with van der Waals surface area (Å²) in [5.41, 5.74) is 5.33. The van der Waals surface area contributed by atoms with E-state index in [1.165, 1.54) is 6.92 Å². The Morgan fingerprint density at radius 2 is 0.897 bits per heavy atom. The van der Waals surface area contributed by atoms with Gasteiger partial charge in [-0.25, -0.2) is 4.79 Å². The van der Waals surface area contributed by atoms with E-state index in [1.807, 2.05) is 0 Å². The van der Waals surface area contributed by atoms with Crippen molar-refractivity contribution in [3.8, 4) is 0 Å². The summed E-state index contributed by atoms with van der Waals surface area (Å²) < 4.78 is 0. The van der Waals surface area contributed by atoms with Gasteiger partial charge < -0.3 is 58.5 Å². The number of aliphatic hydroxyl groups excluding tert-OH is 1. The zero-order valence-corrected chi connectivity index (χ0v) is 35.8. The third-order valence-corrected chi connectivity index (χ3v) is 9.55. The number of nitrogens with two attached hydrogens (primary N) is 1. The van der Waals surface area contributed by atoms with Crippen LogP contribution in [0.15, 0.2) is 0 Å². The molecule has 0 rings (SSSR count). The van der Waals surface area contributed by atoms with E-state index >= 15 is 0 Å². The molecule has 0 aliphatic heterocycles. The van der Waals surface area contributed by atoms with Gasteiger partial charge in [0.1, 0.15) is 36.3 Å². The molecule has 9 atom stereocenters. The molecular formula is C38H69N9O11. The number of rotatable bonds is 26. The molecule has 8 amide bonds. The maximum absolute atomic E-state index is 13.7. The van der Waals surface area contributed by atoms with Crippen molar-refractivity contribution < 1.29 is 53.4 Å². The van der Waals surface area contributed by atoms with Gasteiger partial charge in [0.2, 0.25) is 47.3 Å². The molecule has 20 heteroatoms. The van der Waals surface area contributed by atoms with Crippen molar-refractivity contribution >= 4 is 53.2 Å². The molecule has 0 aromatic carbocycles. The van der Waals surface area contributed by atoms with E-state index in [-0.39, 0.29) is 24.8 Å². The van der Waals surface area contributed by atoms with Crippen molar-refractivity contribution in [1.29, 1.82) is 0 Å². The summed E-state index contributed by atoms with van der Waals surface area (Å²) in [4.78, 5) is 116. The number of carboxylic acid groups (broad SMARTS) is 1. The first kappa shape index (κ1) is 53.1. The Balaban J connectivity index is 5.82. The number of carbonyl (C=O) groups is 9. The number of carbonyl (C=O) groups excluding carboxylic acids is 8. The third-order valence-electron chi connectivity index (χ3n) is 9.55. The molecule has 0 heterocycles. The van der Waals surface area contributed by atoms with Gasteiger partial charge in [0.15, 0.2) is 0 Å². The van der Waals surface area contributed by atoms with Gasteiger partial charge in [-0.15, -0.1) is 0 Å². The predicted molar refractivity (Wildman–Crippen MR) is 214 cm³/mol. The van der Waals surface area contributed by atoms with E-state index in [2.05, 4.69) is 42.5 Å². The Bertz CT molecular complexity index is 1420. The third kappa shape index (κ3) is 18.6. The number of hydrogen-bond acceptors (Lipinski definition) is 11. The molecule has 9 unspecified atom stereocenters. The van der Waals surface area contributed by atoms with Crippen LogP contribution < -0.4 is 48.3 Å². The molecule has 0 aromatic heterocycles. The number of aliphatic carboxylic acids is 1.